The van der Waals surface area contributed by atoms with Crippen molar-refractivity contribution >= 4 is 17.3 Å². The average Bonchev–Trinajstić information content (AvgIpc) is 3.47. The van der Waals surface area contributed by atoms with Gasteiger partial charge in [-0.3, -0.25) is 4.40 Å². The number of anilines is 2. The minimum absolute atomic E-state index is 0.0354. The lowest BCUT2D eigenvalue weighted by atomic mass is 9.79. The third-order valence-corrected chi connectivity index (χ3v) is 6.50. The Kier molecular flexibility index (Phi) is 4.34. The number of hydrogen-bond acceptors (Lipinski definition) is 7. The van der Waals surface area contributed by atoms with E-state index in [0.717, 1.165) is 5.56 Å². The van der Waals surface area contributed by atoms with E-state index in [4.69, 9.17) is 20.2 Å². The van der Waals surface area contributed by atoms with Gasteiger partial charge >= 0.3 is 0 Å². The summed E-state index contributed by atoms with van der Waals surface area (Å²) in [6.07, 6.45) is 1.75. The van der Waals surface area contributed by atoms with Crippen LogP contribution >= 0.6 is 0 Å². The minimum Gasteiger partial charge on any atom is -0.485 e. The topological polar surface area (TPSA) is 103 Å². The molecule has 1 saturated heterocycles. The molecule has 0 bridgehead atoms. The summed E-state index contributed by atoms with van der Waals surface area (Å²) >= 11 is 0. The molecule has 174 valence electrons. The van der Waals surface area contributed by atoms with E-state index in [1.807, 2.05) is 6.92 Å². The van der Waals surface area contributed by atoms with Crippen molar-refractivity contribution in [1.29, 1.82) is 0 Å². The highest BCUT2D eigenvalue weighted by Gasteiger charge is 2.56. The standard InChI is InChI=1S/C24H22F2N6O2/c1-11-17(21-29-19(27)16-20(30-21)31-23-18(34-23)24(16,2)3)32-9-5-8-15(22(32)28-11)33-10-12-13(25)6-4-7-14(12)26/h4-9,18,23H,10H2,1-3H3,(H3,27,29,30,31). The van der Waals surface area contributed by atoms with Crippen LogP contribution in [0.4, 0.5) is 20.4 Å². The highest BCUT2D eigenvalue weighted by atomic mass is 19.1. The molecule has 8 nitrogen and oxygen atoms in total. The molecule has 0 saturated carbocycles. The zero-order valence-corrected chi connectivity index (χ0v) is 18.8. The Hall–Kier alpha value is -3.79. The predicted molar refractivity (Wildman–Crippen MR) is 121 cm³/mol. The maximum Gasteiger partial charge on any atom is 0.182 e. The van der Waals surface area contributed by atoms with Crippen molar-refractivity contribution in [1.82, 2.24) is 19.4 Å². The number of rotatable bonds is 4. The quantitative estimate of drug-likeness (QED) is 0.441. The molecule has 2 aliphatic rings. The highest BCUT2D eigenvalue weighted by molar-refractivity contribution is 5.71. The highest BCUT2D eigenvalue weighted by Crippen LogP contribution is 2.49. The van der Waals surface area contributed by atoms with E-state index in [1.165, 1.54) is 18.2 Å². The first-order chi connectivity index (χ1) is 16.3. The third-order valence-electron chi connectivity index (χ3n) is 6.50. The van der Waals surface area contributed by atoms with Gasteiger partial charge in [0.15, 0.2) is 23.4 Å². The van der Waals surface area contributed by atoms with Crippen LogP contribution in [0, 0.1) is 18.6 Å². The minimum atomic E-state index is -0.664. The van der Waals surface area contributed by atoms with Crippen molar-refractivity contribution in [2.45, 2.75) is 45.1 Å². The fraction of sp³-hybridized carbons (Fsp3) is 0.292. The summed E-state index contributed by atoms with van der Waals surface area (Å²) in [6.45, 7) is 5.69. The van der Waals surface area contributed by atoms with Gasteiger partial charge < -0.3 is 20.5 Å². The molecule has 2 aliphatic heterocycles. The molecule has 3 N–H and O–H groups in total. The SMILES string of the molecule is Cc1nc2c(OCc3c(F)cccc3F)cccn2c1-c1nc(N)c2c(n1)NC1OC1C2(C)C. The van der Waals surface area contributed by atoms with E-state index in [2.05, 4.69) is 29.1 Å². The Labute approximate surface area is 193 Å². The van der Waals surface area contributed by atoms with E-state index in [9.17, 15) is 8.78 Å². The lowest BCUT2D eigenvalue weighted by Gasteiger charge is -2.30. The number of aryl methyl sites for hydroxylation is 1. The van der Waals surface area contributed by atoms with Crippen LogP contribution in [0.1, 0.15) is 30.7 Å². The molecule has 0 spiro atoms. The van der Waals surface area contributed by atoms with Crippen LogP contribution in [0.15, 0.2) is 36.5 Å². The molecular weight excluding hydrogens is 442 g/mol. The molecule has 2 atom stereocenters. The number of nitrogen functional groups attached to an aromatic ring is 1. The van der Waals surface area contributed by atoms with Crippen LogP contribution in [0.3, 0.4) is 0 Å². The van der Waals surface area contributed by atoms with Crippen molar-refractivity contribution in [3.63, 3.8) is 0 Å². The molecule has 34 heavy (non-hydrogen) atoms. The van der Waals surface area contributed by atoms with Crippen LogP contribution in [0.2, 0.25) is 0 Å². The first-order valence-electron chi connectivity index (χ1n) is 10.9. The molecule has 4 aromatic rings. The summed E-state index contributed by atoms with van der Waals surface area (Å²) in [5.74, 6) is 0.468. The maximum atomic E-state index is 14.0. The number of benzene rings is 1. The van der Waals surface area contributed by atoms with E-state index >= 15 is 0 Å². The first kappa shape index (κ1) is 20.8. The predicted octanol–water partition coefficient (Wildman–Crippen LogP) is 3.97. The van der Waals surface area contributed by atoms with Gasteiger partial charge in [0.05, 0.1) is 11.3 Å². The molecule has 5 heterocycles. The zero-order chi connectivity index (χ0) is 23.8. The Morgan fingerprint density at radius 3 is 2.68 bits per heavy atom. The summed E-state index contributed by atoms with van der Waals surface area (Å²) in [6, 6.07) is 7.16. The zero-order valence-electron chi connectivity index (χ0n) is 18.8. The number of ether oxygens (including phenoxy) is 2. The number of halogens is 2. The average molecular weight is 464 g/mol. The van der Waals surface area contributed by atoms with E-state index < -0.39 is 11.6 Å². The van der Waals surface area contributed by atoms with Crippen LogP contribution in [-0.4, -0.2) is 31.7 Å². The van der Waals surface area contributed by atoms with Crippen LogP contribution in [-0.2, 0) is 16.8 Å². The second-order valence-corrected chi connectivity index (χ2v) is 9.10. The van der Waals surface area contributed by atoms with E-state index in [0.29, 0.717) is 40.2 Å². The maximum absolute atomic E-state index is 14.0. The number of nitrogens with zero attached hydrogens (tertiary/aromatic N) is 4. The second kappa shape index (κ2) is 7.10. The third kappa shape index (κ3) is 3.02. The van der Waals surface area contributed by atoms with Crippen LogP contribution < -0.4 is 15.8 Å². The van der Waals surface area contributed by atoms with Crippen LogP contribution in [0.5, 0.6) is 5.75 Å². The Bertz CT molecular complexity index is 1450. The Morgan fingerprint density at radius 1 is 1.15 bits per heavy atom. The summed E-state index contributed by atoms with van der Waals surface area (Å²) in [4.78, 5) is 14.0. The number of aromatic nitrogens is 4. The second-order valence-electron chi connectivity index (χ2n) is 9.10. The van der Waals surface area contributed by atoms with Gasteiger partial charge in [0.1, 0.15) is 41.7 Å². The normalized spacial score (nSPS) is 19.9. The number of nitrogens with two attached hydrogens (primary N) is 1. The molecular formula is C24H22F2N6O2. The first-order valence-corrected chi connectivity index (χ1v) is 10.9. The van der Waals surface area contributed by atoms with Gasteiger partial charge in [-0.2, -0.15) is 0 Å². The van der Waals surface area contributed by atoms with Crippen molar-refractivity contribution in [2.75, 3.05) is 11.1 Å². The van der Waals surface area contributed by atoms with Crippen molar-refractivity contribution in [2.24, 2.45) is 0 Å². The number of epoxide rings is 1. The van der Waals surface area contributed by atoms with Gasteiger partial charge in [0.2, 0.25) is 0 Å². The Balaban J connectivity index is 1.41. The lowest BCUT2D eigenvalue weighted by Crippen LogP contribution is -2.35. The molecule has 1 fully saturated rings. The van der Waals surface area contributed by atoms with Gasteiger partial charge in [0.25, 0.3) is 0 Å². The van der Waals surface area contributed by atoms with Crippen molar-refractivity contribution in [3.05, 3.63) is 65.0 Å². The number of pyridine rings is 1. The van der Waals surface area contributed by atoms with Gasteiger partial charge in [0, 0.05) is 17.2 Å². The smallest absolute Gasteiger partial charge is 0.182 e. The molecule has 0 amide bonds. The van der Waals surface area contributed by atoms with Gasteiger partial charge in [-0.15, -0.1) is 0 Å². The lowest BCUT2D eigenvalue weighted by molar-refractivity contribution is 0.294. The Morgan fingerprint density at radius 2 is 1.91 bits per heavy atom. The molecule has 3 aromatic heterocycles. The number of imidazole rings is 1. The molecule has 6 rings (SSSR count). The van der Waals surface area contributed by atoms with E-state index in [-0.39, 0.29) is 29.9 Å². The van der Waals surface area contributed by atoms with Crippen molar-refractivity contribution < 1.29 is 18.3 Å². The number of nitrogens with one attached hydrogen (secondary N) is 1. The van der Waals surface area contributed by atoms with Gasteiger partial charge in [-0.1, -0.05) is 19.9 Å². The largest absolute Gasteiger partial charge is 0.485 e. The summed E-state index contributed by atoms with van der Waals surface area (Å²) in [5.41, 5.74) is 8.55. The summed E-state index contributed by atoms with van der Waals surface area (Å²) in [5, 5.41) is 3.28. The van der Waals surface area contributed by atoms with Crippen LogP contribution in [0.25, 0.3) is 17.2 Å². The summed E-state index contributed by atoms with van der Waals surface area (Å²) < 4.78 is 41.4. The molecule has 2 unspecified atom stereocenters. The van der Waals surface area contributed by atoms with Gasteiger partial charge in [-0.25, -0.2) is 23.7 Å². The summed E-state index contributed by atoms with van der Waals surface area (Å²) in [7, 11) is 0. The molecule has 1 aromatic carbocycles. The van der Waals surface area contributed by atoms with Gasteiger partial charge in [-0.05, 0) is 31.2 Å². The fourth-order valence-electron chi connectivity index (χ4n) is 4.73. The molecule has 0 aliphatic carbocycles. The molecule has 0 radical (unpaired) electrons. The number of hydrogen-bond donors (Lipinski definition) is 2. The molecule has 10 heteroatoms. The fourth-order valence-corrected chi connectivity index (χ4v) is 4.73. The number of fused-ring (bicyclic) bond motifs is 3. The monoisotopic (exact) mass is 464 g/mol. The van der Waals surface area contributed by atoms with E-state index in [1.54, 1.807) is 22.7 Å². The van der Waals surface area contributed by atoms with Crippen molar-refractivity contribution in [3.8, 4) is 17.3 Å².